The Morgan fingerprint density at radius 3 is 2.72 bits per heavy atom. The maximum absolute atomic E-state index is 10.6. The van der Waals surface area contributed by atoms with Crippen molar-refractivity contribution in [2.24, 2.45) is 0 Å². The number of benzene rings is 1. The predicted octanol–water partition coefficient (Wildman–Crippen LogP) is 5.01. The minimum atomic E-state index is -5.08. The van der Waals surface area contributed by atoms with Gasteiger partial charge in [0.2, 0.25) is 0 Å². The van der Waals surface area contributed by atoms with Gasteiger partial charge in [-0.15, -0.1) is 0 Å². The summed E-state index contributed by atoms with van der Waals surface area (Å²) >= 11 is 5.98. The fraction of sp³-hybridized carbons (Fsp3) is 0.227. The van der Waals surface area contributed by atoms with Gasteiger partial charge in [-0.25, -0.2) is 9.78 Å². The standard InChI is InChI=1S/C20H17ClN4.C2HF3O2/c21-17-4-3-15(16(10-17)11-22)13-25-8-5-14(6-9-25)19-12-24-20-18(19)2-1-7-23-20;3-2(4,5)1(6)7/h1-5,7,10,12H,6,8-9,13H2,(H,23,24);(H,6,7). The molecule has 0 spiro atoms. The molecule has 0 bridgehead atoms. The molecule has 3 aromatic rings. The van der Waals surface area contributed by atoms with Crippen molar-refractivity contribution in [3.8, 4) is 6.07 Å². The minimum Gasteiger partial charge on any atom is -0.475 e. The summed E-state index contributed by atoms with van der Waals surface area (Å²) in [7, 11) is 0. The molecular weight excluding hydrogens is 445 g/mol. The van der Waals surface area contributed by atoms with E-state index in [1.807, 2.05) is 24.4 Å². The van der Waals surface area contributed by atoms with Crippen molar-refractivity contribution >= 4 is 34.2 Å². The van der Waals surface area contributed by atoms with E-state index < -0.39 is 12.1 Å². The van der Waals surface area contributed by atoms with Gasteiger partial charge in [0.05, 0.1) is 11.6 Å². The van der Waals surface area contributed by atoms with Gasteiger partial charge in [0, 0.05) is 48.0 Å². The van der Waals surface area contributed by atoms with Gasteiger partial charge in [-0.1, -0.05) is 23.7 Å². The zero-order valence-corrected chi connectivity index (χ0v) is 17.4. The first kappa shape index (κ1) is 23.3. The van der Waals surface area contributed by atoms with Gasteiger partial charge in [-0.3, -0.25) is 4.90 Å². The third kappa shape index (κ3) is 5.66. The number of carboxylic acid groups (broad SMARTS) is 1. The molecule has 3 heterocycles. The molecular formula is C22H18ClF3N4O2. The van der Waals surface area contributed by atoms with E-state index in [0.717, 1.165) is 37.3 Å². The Balaban J connectivity index is 0.000000360. The van der Waals surface area contributed by atoms with E-state index in [9.17, 15) is 18.4 Å². The summed E-state index contributed by atoms with van der Waals surface area (Å²) in [6, 6.07) is 11.9. The molecule has 1 aliphatic rings. The lowest BCUT2D eigenvalue weighted by molar-refractivity contribution is -0.192. The summed E-state index contributed by atoms with van der Waals surface area (Å²) in [5.41, 5.74) is 5.21. The highest BCUT2D eigenvalue weighted by Gasteiger charge is 2.38. The molecule has 0 fully saturated rings. The van der Waals surface area contributed by atoms with E-state index >= 15 is 0 Å². The van der Waals surface area contributed by atoms with Crippen LogP contribution in [-0.4, -0.2) is 45.2 Å². The van der Waals surface area contributed by atoms with Crippen molar-refractivity contribution in [3.05, 3.63) is 70.5 Å². The van der Waals surface area contributed by atoms with Crippen LogP contribution in [0.2, 0.25) is 5.02 Å². The first-order valence-corrected chi connectivity index (χ1v) is 9.89. The zero-order chi connectivity index (χ0) is 23.3. The van der Waals surface area contributed by atoms with Crippen LogP contribution in [0.4, 0.5) is 13.2 Å². The topological polar surface area (TPSA) is 93.0 Å². The highest BCUT2D eigenvalue weighted by Crippen LogP contribution is 2.29. The number of hydrogen-bond acceptors (Lipinski definition) is 4. The normalized spacial score (nSPS) is 14.3. The molecule has 10 heteroatoms. The van der Waals surface area contributed by atoms with Gasteiger partial charge in [0.1, 0.15) is 5.65 Å². The number of aliphatic carboxylic acids is 1. The number of pyridine rings is 1. The molecule has 0 radical (unpaired) electrons. The number of carboxylic acids is 1. The molecule has 1 aromatic carbocycles. The molecule has 0 atom stereocenters. The molecule has 0 amide bonds. The van der Waals surface area contributed by atoms with Crippen molar-refractivity contribution in [1.29, 1.82) is 5.26 Å². The fourth-order valence-electron chi connectivity index (χ4n) is 3.35. The van der Waals surface area contributed by atoms with Crippen LogP contribution in [0, 0.1) is 11.3 Å². The Bertz CT molecular complexity index is 1200. The van der Waals surface area contributed by atoms with Crippen molar-refractivity contribution < 1.29 is 23.1 Å². The second-order valence-corrected chi connectivity index (χ2v) is 7.47. The summed E-state index contributed by atoms with van der Waals surface area (Å²) < 4.78 is 31.7. The van der Waals surface area contributed by atoms with E-state index in [1.165, 1.54) is 16.5 Å². The Kier molecular flexibility index (Phi) is 7.18. The molecule has 4 rings (SSSR count). The summed E-state index contributed by atoms with van der Waals surface area (Å²) in [6.45, 7) is 2.60. The van der Waals surface area contributed by atoms with Crippen LogP contribution >= 0.6 is 11.6 Å². The molecule has 2 aromatic heterocycles. The van der Waals surface area contributed by atoms with Gasteiger partial charge < -0.3 is 10.1 Å². The van der Waals surface area contributed by atoms with Crippen LogP contribution in [0.15, 0.2) is 48.8 Å². The number of halogens is 4. The largest absolute Gasteiger partial charge is 0.490 e. The van der Waals surface area contributed by atoms with E-state index in [0.29, 0.717) is 10.6 Å². The quantitative estimate of drug-likeness (QED) is 0.570. The maximum atomic E-state index is 10.6. The van der Waals surface area contributed by atoms with Gasteiger partial charge >= 0.3 is 12.1 Å². The number of fused-ring (bicyclic) bond motifs is 1. The van der Waals surface area contributed by atoms with E-state index in [2.05, 4.69) is 33.1 Å². The molecule has 166 valence electrons. The number of nitrogens with zero attached hydrogens (tertiary/aromatic N) is 3. The number of aromatic amines is 1. The van der Waals surface area contributed by atoms with E-state index in [1.54, 1.807) is 12.3 Å². The number of rotatable bonds is 3. The number of alkyl halides is 3. The number of hydrogen-bond donors (Lipinski definition) is 2. The summed E-state index contributed by atoms with van der Waals surface area (Å²) in [5.74, 6) is -2.76. The average molecular weight is 463 g/mol. The van der Waals surface area contributed by atoms with E-state index in [-0.39, 0.29) is 0 Å². The molecule has 0 saturated carbocycles. The van der Waals surface area contributed by atoms with Gasteiger partial charge in [0.15, 0.2) is 0 Å². The minimum absolute atomic E-state index is 0.606. The van der Waals surface area contributed by atoms with Gasteiger partial charge in [-0.2, -0.15) is 18.4 Å². The summed E-state index contributed by atoms with van der Waals surface area (Å²) in [5, 5.41) is 18.2. The third-order valence-electron chi connectivity index (χ3n) is 4.92. The highest BCUT2D eigenvalue weighted by atomic mass is 35.5. The second kappa shape index (κ2) is 9.85. The first-order valence-electron chi connectivity index (χ1n) is 9.51. The number of aromatic nitrogens is 2. The Morgan fingerprint density at radius 1 is 1.34 bits per heavy atom. The molecule has 0 aliphatic carbocycles. The lowest BCUT2D eigenvalue weighted by Gasteiger charge is -2.26. The molecule has 0 saturated heterocycles. The lowest BCUT2D eigenvalue weighted by Crippen LogP contribution is -2.28. The third-order valence-corrected chi connectivity index (χ3v) is 5.15. The molecule has 6 nitrogen and oxygen atoms in total. The smallest absolute Gasteiger partial charge is 0.475 e. The predicted molar refractivity (Wildman–Crippen MR) is 114 cm³/mol. The second-order valence-electron chi connectivity index (χ2n) is 7.03. The van der Waals surface area contributed by atoms with Crippen LogP contribution in [0.3, 0.4) is 0 Å². The molecule has 1 aliphatic heterocycles. The number of carbonyl (C=O) groups is 1. The van der Waals surface area contributed by atoms with Gasteiger partial charge in [0.25, 0.3) is 0 Å². The number of H-pyrrole nitrogens is 1. The Labute approximate surface area is 186 Å². The van der Waals surface area contributed by atoms with Crippen LogP contribution in [0.5, 0.6) is 0 Å². The van der Waals surface area contributed by atoms with Crippen LogP contribution in [-0.2, 0) is 11.3 Å². The SMILES string of the molecule is N#Cc1cc(Cl)ccc1CN1CC=C(c2c[nH]c3ncccc23)CC1.O=C(O)C(F)(F)F. The summed E-state index contributed by atoms with van der Waals surface area (Å²) in [6.07, 6.45) is 2.03. The Morgan fingerprint density at radius 2 is 2.09 bits per heavy atom. The molecule has 0 unspecified atom stereocenters. The van der Waals surface area contributed by atoms with Gasteiger partial charge in [-0.05, 0) is 41.8 Å². The highest BCUT2D eigenvalue weighted by molar-refractivity contribution is 6.30. The van der Waals surface area contributed by atoms with Crippen LogP contribution < -0.4 is 0 Å². The fourth-order valence-corrected chi connectivity index (χ4v) is 3.52. The average Bonchev–Trinajstić information content (AvgIpc) is 3.19. The molecule has 2 N–H and O–H groups in total. The Hall–Kier alpha value is -3.35. The van der Waals surface area contributed by atoms with Crippen molar-refractivity contribution in [2.45, 2.75) is 19.1 Å². The number of nitrogens with one attached hydrogen (secondary N) is 1. The maximum Gasteiger partial charge on any atom is 0.490 e. The lowest BCUT2D eigenvalue weighted by atomic mass is 9.99. The van der Waals surface area contributed by atoms with Crippen molar-refractivity contribution in [2.75, 3.05) is 13.1 Å². The van der Waals surface area contributed by atoms with E-state index in [4.69, 9.17) is 21.5 Å². The first-order chi connectivity index (χ1) is 15.2. The van der Waals surface area contributed by atoms with Crippen molar-refractivity contribution in [1.82, 2.24) is 14.9 Å². The zero-order valence-electron chi connectivity index (χ0n) is 16.7. The van der Waals surface area contributed by atoms with Crippen LogP contribution in [0.1, 0.15) is 23.1 Å². The monoisotopic (exact) mass is 462 g/mol. The number of nitriles is 1. The molecule has 32 heavy (non-hydrogen) atoms. The van der Waals surface area contributed by atoms with Crippen molar-refractivity contribution in [3.63, 3.8) is 0 Å². The van der Waals surface area contributed by atoms with Crippen LogP contribution in [0.25, 0.3) is 16.6 Å². The summed E-state index contributed by atoms with van der Waals surface area (Å²) in [4.78, 5) is 18.8.